The molecule has 5 heteroatoms. The Labute approximate surface area is 119 Å². The molecular formula is C14H20N2O2S. The van der Waals surface area contributed by atoms with Crippen molar-refractivity contribution in [1.29, 1.82) is 0 Å². The van der Waals surface area contributed by atoms with Gasteiger partial charge < -0.3 is 15.0 Å². The van der Waals surface area contributed by atoms with Crippen LogP contribution >= 0.6 is 12.6 Å². The first kappa shape index (κ1) is 14.2. The minimum Gasteiger partial charge on any atom is -0.378 e. The molecule has 2 rings (SSSR count). The number of nitrogens with zero attached hydrogens (tertiary/aromatic N) is 1. The number of hydrogen-bond donors (Lipinski definition) is 2. The molecule has 0 saturated carbocycles. The zero-order valence-electron chi connectivity index (χ0n) is 10.9. The molecule has 0 radical (unpaired) electrons. The Morgan fingerprint density at radius 3 is 2.63 bits per heavy atom. The van der Waals surface area contributed by atoms with Crippen molar-refractivity contribution in [2.24, 2.45) is 0 Å². The van der Waals surface area contributed by atoms with Crippen molar-refractivity contribution in [3.05, 3.63) is 35.9 Å². The van der Waals surface area contributed by atoms with Gasteiger partial charge in [0.15, 0.2) is 0 Å². The van der Waals surface area contributed by atoms with Gasteiger partial charge in [-0.15, -0.1) is 0 Å². The molecule has 1 fully saturated rings. The minimum atomic E-state index is -0.0155. The fourth-order valence-electron chi connectivity index (χ4n) is 2.09. The molecule has 1 saturated heterocycles. The largest absolute Gasteiger partial charge is 0.378 e. The second-order valence-corrected chi connectivity index (χ2v) is 4.98. The van der Waals surface area contributed by atoms with Gasteiger partial charge in [-0.25, -0.2) is 4.79 Å². The number of thiol groups is 1. The van der Waals surface area contributed by atoms with Crippen molar-refractivity contribution >= 4 is 18.7 Å². The lowest BCUT2D eigenvalue weighted by atomic mass is 10.1. The summed E-state index contributed by atoms with van der Waals surface area (Å²) in [6, 6.07) is 10.2. The first-order valence-corrected chi connectivity index (χ1v) is 7.21. The number of hydrogen-bond acceptors (Lipinski definition) is 3. The maximum Gasteiger partial charge on any atom is 0.317 e. The van der Waals surface area contributed by atoms with E-state index in [0.29, 0.717) is 32.1 Å². The van der Waals surface area contributed by atoms with Crippen LogP contribution in [-0.2, 0) is 11.2 Å². The van der Waals surface area contributed by atoms with Gasteiger partial charge in [0.2, 0.25) is 0 Å². The summed E-state index contributed by atoms with van der Waals surface area (Å²) in [7, 11) is 0. The van der Waals surface area contributed by atoms with Crippen molar-refractivity contribution < 1.29 is 9.53 Å². The van der Waals surface area contributed by atoms with Gasteiger partial charge in [0.25, 0.3) is 0 Å². The van der Waals surface area contributed by atoms with E-state index in [1.807, 2.05) is 18.2 Å². The van der Waals surface area contributed by atoms with E-state index < -0.39 is 0 Å². The lowest BCUT2D eigenvalue weighted by molar-refractivity contribution is 0.0527. The monoisotopic (exact) mass is 280 g/mol. The normalized spacial score (nSPS) is 17.0. The zero-order chi connectivity index (χ0) is 13.5. The predicted octanol–water partition coefficient (Wildman–Crippen LogP) is 1.57. The lowest BCUT2D eigenvalue weighted by Crippen LogP contribution is -2.50. The molecule has 1 heterocycles. The number of nitrogens with one attached hydrogen (secondary N) is 1. The fourth-order valence-corrected chi connectivity index (χ4v) is 2.31. The standard InChI is InChI=1S/C14H20N2O2S/c17-14(16-6-8-18-9-7-16)15-13(11-19)10-12-4-2-1-3-5-12/h1-5,13,19H,6-11H2,(H,15,17). The highest BCUT2D eigenvalue weighted by Gasteiger charge is 2.19. The molecule has 104 valence electrons. The number of benzene rings is 1. The van der Waals surface area contributed by atoms with Crippen LogP contribution in [0, 0.1) is 0 Å². The third-order valence-corrected chi connectivity index (χ3v) is 3.61. The molecule has 1 aromatic carbocycles. The van der Waals surface area contributed by atoms with Crippen molar-refractivity contribution in [1.82, 2.24) is 10.2 Å². The third-order valence-electron chi connectivity index (χ3n) is 3.17. The van der Waals surface area contributed by atoms with Crippen molar-refractivity contribution in [2.75, 3.05) is 32.1 Å². The van der Waals surface area contributed by atoms with E-state index in [4.69, 9.17) is 4.74 Å². The quantitative estimate of drug-likeness (QED) is 0.822. The summed E-state index contributed by atoms with van der Waals surface area (Å²) in [4.78, 5) is 13.9. The van der Waals surface area contributed by atoms with Gasteiger partial charge in [-0.05, 0) is 12.0 Å². The van der Waals surface area contributed by atoms with Crippen LogP contribution in [0.3, 0.4) is 0 Å². The number of carbonyl (C=O) groups excluding carboxylic acids is 1. The summed E-state index contributed by atoms with van der Waals surface area (Å²) in [5.74, 6) is 0.630. The maximum absolute atomic E-state index is 12.1. The SMILES string of the molecule is O=C(NC(CS)Cc1ccccc1)N1CCOCC1. The Morgan fingerprint density at radius 2 is 2.00 bits per heavy atom. The van der Waals surface area contributed by atoms with Crippen LogP contribution in [0.2, 0.25) is 0 Å². The summed E-state index contributed by atoms with van der Waals surface area (Å²) in [5, 5.41) is 3.04. The lowest BCUT2D eigenvalue weighted by Gasteiger charge is -2.29. The van der Waals surface area contributed by atoms with E-state index in [1.165, 1.54) is 5.56 Å². The zero-order valence-corrected chi connectivity index (χ0v) is 11.8. The van der Waals surface area contributed by atoms with Gasteiger partial charge in [-0.2, -0.15) is 12.6 Å². The van der Waals surface area contributed by atoms with Crippen LogP contribution < -0.4 is 5.32 Å². The Morgan fingerprint density at radius 1 is 1.32 bits per heavy atom. The van der Waals surface area contributed by atoms with Gasteiger partial charge in [0, 0.05) is 24.9 Å². The summed E-state index contributed by atoms with van der Waals surface area (Å²) >= 11 is 4.33. The summed E-state index contributed by atoms with van der Waals surface area (Å²) in [6.45, 7) is 2.57. The van der Waals surface area contributed by atoms with E-state index in [2.05, 4.69) is 30.1 Å². The Balaban J connectivity index is 1.86. The Bertz CT molecular complexity index is 394. The fraction of sp³-hybridized carbons (Fsp3) is 0.500. The van der Waals surface area contributed by atoms with Gasteiger partial charge in [0.05, 0.1) is 13.2 Å². The first-order chi connectivity index (χ1) is 9.29. The van der Waals surface area contributed by atoms with E-state index in [1.54, 1.807) is 4.90 Å². The van der Waals surface area contributed by atoms with Crippen LogP contribution in [-0.4, -0.2) is 49.0 Å². The van der Waals surface area contributed by atoms with Gasteiger partial charge in [-0.3, -0.25) is 0 Å². The van der Waals surface area contributed by atoms with E-state index in [0.717, 1.165) is 6.42 Å². The molecule has 1 unspecified atom stereocenters. The maximum atomic E-state index is 12.1. The highest BCUT2D eigenvalue weighted by atomic mass is 32.1. The van der Waals surface area contributed by atoms with Gasteiger partial charge >= 0.3 is 6.03 Å². The Hall–Kier alpha value is -1.20. The van der Waals surface area contributed by atoms with Gasteiger partial charge in [-0.1, -0.05) is 30.3 Å². The molecule has 1 atom stereocenters. The molecule has 1 aromatic rings. The number of morpholine rings is 1. The molecule has 2 amide bonds. The van der Waals surface area contributed by atoms with Crippen molar-refractivity contribution in [3.63, 3.8) is 0 Å². The summed E-state index contributed by atoms with van der Waals surface area (Å²) < 4.78 is 5.24. The molecule has 0 aliphatic carbocycles. The van der Waals surface area contributed by atoms with E-state index in [-0.39, 0.29) is 12.1 Å². The highest BCUT2D eigenvalue weighted by molar-refractivity contribution is 7.80. The van der Waals surface area contributed by atoms with Crippen molar-refractivity contribution in [3.8, 4) is 0 Å². The molecule has 0 bridgehead atoms. The molecule has 1 aliphatic rings. The summed E-state index contributed by atoms with van der Waals surface area (Å²) in [6.07, 6.45) is 0.806. The smallest absolute Gasteiger partial charge is 0.317 e. The van der Waals surface area contributed by atoms with Gasteiger partial charge in [0.1, 0.15) is 0 Å². The van der Waals surface area contributed by atoms with Crippen LogP contribution in [0.5, 0.6) is 0 Å². The third kappa shape index (κ3) is 4.44. The van der Waals surface area contributed by atoms with Crippen LogP contribution in [0.4, 0.5) is 4.79 Å². The van der Waals surface area contributed by atoms with Crippen LogP contribution in [0.25, 0.3) is 0 Å². The van der Waals surface area contributed by atoms with Crippen LogP contribution in [0.15, 0.2) is 30.3 Å². The number of carbonyl (C=O) groups is 1. The molecule has 1 aliphatic heterocycles. The van der Waals surface area contributed by atoms with E-state index >= 15 is 0 Å². The molecule has 0 spiro atoms. The number of rotatable bonds is 4. The van der Waals surface area contributed by atoms with Crippen molar-refractivity contribution in [2.45, 2.75) is 12.5 Å². The second-order valence-electron chi connectivity index (χ2n) is 4.62. The molecule has 0 aromatic heterocycles. The number of amides is 2. The topological polar surface area (TPSA) is 41.6 Å². The highest BCUT2D eigenvalue weighted by Crippen LogP contribution is 2.06. The molecule has 1 N–H and O–H groups in total. The number of ether oxygens (including phenoxy) is 1. The molecule has 19 heavy (non-hydrogen) atoms. The average Bonchev–Trinajstić information content (AvgIpc) is 2.48. The number of urea groups is 1. The molecular weight excluding hydrogens is 260 g/mol. The Kier molecular flexibility index (Phi) is 5.54. The average molecular weight is 280 g/mol. The second kappa shape index (κ2) is 7.40. The van der Waals surface area contributed by atoms with Crippen LogP contribution in [0.1, 0.15) is 5.56 Å². The van der Waals surface area contributed by atoms with E-state index in [9.17, 15) is 4.79 Å². The first-order valence-electron chi connectivity index (χ1n) is 6.57. The molecule has 4 nitrogen and oxygen atoms in total. The predicted molar refractivity (Wildman–Crippen MR) is 78.7 cm³/mol. The minimum absolute atomic E-state index is 0.0155. The summed E-state index contributed by atoms with van der Waals surface area (Å²) in [5.41, 5.74) is 1.21.